The number of nitro groups is 1. The molecule has 1 aromatic rings. The third kappa shape index (κ3) is 2.27. The van der Waals surface area contributed by atoms with E-state index in [9.17, 15) is 14.5 Å². The van der Waals surface area contributed by atoms with E-state index < -0.39 is 10.7 Å². The van der Waals surface area contributed by atoms with Gasteiger partial charge in [-0.3, -0.25) is 10.1 Å². The molecule has 0 saturated carbocycles. The largest absolute Gasteiger partial charge is 0.367 e. The maximum atomic E-state index is 13.5. The predicted octanol–water partition coefficient (Wildman–Crippen LogP) is 2.29. The Morgan fingerprint density at radius 3 is 2.69 bits per heavy atom. The Morgan fingerprint density at radius 2 is 2.06 bits per heavy atom. The SMILES string of the molecule is O=[N+]([O-])c1ccc(F)c(N2CCSCC2)c1. The number of hydrogen-bond donors (Lipinski definition) is 0. The van der Waals surface area contributed by atoms with Crippen molar-refractivity contribution in [3.63, 3.8) is 0 Å². The van der Waals surface area contributed by atoms with E-state index >= 15 is 0 Å². The second-order valence-corrected chi connectivity index (χ2v) is 4.72. The summed E-state index contributed by atoms with van der Waals surface area (Å²) < 4.78 is 13.5. The van der Waals surface area contributed by atoms with Gasteiger partial charge in [0.2, 0.25) is 0 Å². The highest BCUT2D eigenvalue weighted by Gasteiger charge is 2.18. The number of anilines is 1. The van der Waals surface area contributed by atoms with Crippen LogP contribution in [0.4, 0.5) is 15.8 Å². The van der Waals surface area contributed by atoms with Crippen LogP contribution >= 0.6 is 11.8 Å². The molecule has 16 heavy (non-hydrogen) atoms. The molecule has 1 fully saturated rings. The highest BCUT2D eigenvalue weighted by molar-refractivity contribution is 7.99. The van der Waals surface area contributed by atoms with E-state index in [1.54, 1.807) is 0 Å². The lowest BCUT2D eigenvalue weighted by atomic mass is 10.2. The summed E-state index contributed by atoms with van der Waals surface area (Å²) in [5.41, 5.74) is 0.282. The van der Waals surface area contributed by atoms with Crippen LogP contribution in [-0.2, 0) is 0 Å². The molecule has 6 heteroatoms. The summed E-state index contributed by atoms with van der Waals surface area (Å²) in [5.74, 6) is 1.47. The molecule has 0 aromatic heterocycles. The summed E-state index contributed by atoms with van der Waals surface area (Å²) in [6.45, 7) is 1.48. The average Bonchev–Trinajstić information content (AvgIpc) is 2.30. The molecule has 1 heterocycles. The normalized spacial score (nSPS) is 16.2. The topological polar surface area (TPSA) is 46.4 Å². The van der Waals surface area contributed by atoms with Crippen molar-refractivity contribution in [3.05, 3.63) is 34.1 Å². The van der Waals surface area contributed by atoms with Crippen LogP contribution in [0, 0.1) is 15.9 Å². The molecule has 1 saturated heterocycles. The standard InChI is InChI=1S/C10H11FN2O2S/c11-9-2-1-8(13(14)15)7-10(9)12-3-5-16-6-4-12/h1-2,7H,3-6H2. The van der Waals surface area contributed by atoms with E-state index in [-0.39, 0.29) is 5.69 Å². The van der Waals surface area contributed by atoms with Gasteiger partial charge in [0.25, 0.3) is 5.69 Å². The Labute approximate surface area is 96.6 Å². The Hall–Kier alpha value is -1.30. The molecule has 0 radical (unpaired) electrons. The van der Waals surface area contributed by atoms with Crippen LogP contribution in [0.5, 0.6) is 0 Å². The van der Waals surface area contributed by atoms with Gasteiger partial charge in [-0.2, -0.15) is 11.8 Å². The van der Waals surface area contributed by atoms with Gasteiger partial charge in [-0.1, -0.05) is 0 Å². The first-order chi connectivity index (χ1) is 7.68. The first kappa shape index (κ1) is 11.2. The van der Waals surface area contributed by atoms with Crippen LogP contribution in [0.3, 0.4) is 0 Å². The lowest BCUT2D eigenvalue weighted by Crippen LogP contribution is -2.33. The van der Waals surface area contributed by atoms with Gasteiger partial charge in [0.15, 0.2) is 0 Å². The van der Waals surface area contributed by atoms with Crippen molar-refractivity contribution >= 4 is 23.1 Å². The highest BCUT2D eigenvalue weighted by Crippen LogP contribution is 2.26. The average molecular weight is 242 g/mol. The number of nitro benzene ring substituents is 1. The van der Waals surface area contributed by atoms with Crippen molar-refractivity contribution in [1.29, 1.82) is 0 Å². The van der Waals surface area contributed by atoms with E-state index in [1.165, 1.54) is 12.1 Å². The minimum Gasteiger partial charge on any atom is -0.367 e. The second-order valence-electron chi connectivity index (χ2n) is 3.49. The molecule has 1 aliphatic rings. The number of non-ortho nitro benzene ring substituents is 1. The van der Waals surface area contributed by atoms with Crippen molar-refractivity contribution in [2.75, 3.05) is 29.5 Å². The maximum Gasteiger partial charge on any atom is 0.271 e. The molecule has 0 bridgehead atoms. The summed E-state index contributed by atoms with van der Waals surface area (Å²) in [5, 5.41) is 10.6. The fourth-order valence-electron chi connectivity index (χ4n) is 1.66. The zero-order valence-electron chi connectivity index (χ0n) is 8.56. The Balaban J connectivity index is 2.30. The molecule has 0 unspecified atom stereocenters. The number of nitrogens with zero attached hydrogens (tertiary/aromatic N) is 2. The van der Waals surface area contributed by atoms with Gasteiger partial charge in [0, 0.05) is 36.7 Å². The van der Waals surface area contributed by atoms with E-state index in [0.717, 1.165) is 30.7 Å². The Bertz CT molecular complexity index is 408. The van der Waals surface area contributed by atoms with Crippen molar-refractivity contribution in [2.24, 2.45) is 0 Å². The van der Waals surface area contributed by atoms with E-state index in [2.05, 4.69) is 0 Å². The number of halogens is 1. The third-order valence-electron chi connectivity index (χ3n) is 2.49. The summed E-state index contributed by atoms with van der Waals surface area (Å²) in [6, 6.07) is 3.66. The van der Waals surface area contributed by atoms with Gasteiger partial charge in [-0.25, -0.2) is 4.39 Å². The number of thioether (sulfide) groups is 1. The fraction of sp³-hybridized carbons (Fsp3) is 0.400. The monoisotopic (exact) mass is 242 g/mol. The molecular formula is C10H11FN2O2S. The van der Waals surface area contributed by atoms with Crippen molar-refractivity contribution in [3.8, 4) is 0 Å². The van der Waals surface area contributed by atoms with Crippen LogP contribution in [0.1, 0.15) is 0 Å². The highest BCUT2D eigenvalue weighted by atomic mass is 32.2. The molecule has 0 aliphatic carbocycles. The van der Waals surface area contributed by atoms with Gasteiger partial charge < -0.3 is 4.90 Å². The van der Waals surface area contributed by atoms with Crippen molar-refractivity contribution in [2.45, 2.75) is 0 Å². The molecule has 0 amide bonds. The van der Waals surface area contributed by atoms with Gasteiger partial charge in [0.1, 0.15) is 5.82 Å². The van der Waals surface area contributed by atoms with E-state index in [1.807, 2.05) is 16.7 Å². The molecule has 2 rings (SSSR count). The molecule has 1 aliphatic heterocycles. The summed E-state index contributed by atoms with van der Waals surface area (Å²) in [6.07, 6.45) is 0. The molecule has 4 nitrogen and oxygen atoms in total. The summed E-state index contributed by atoms with van der Waals surface area (Å²) in [4.78, 5) is 12.0. The van der Waals surface area contributed by atoms with Gasteiger partial charge in [0.05, 0.1) is 10.6 Å². The zero-order valence-corrected chi connectivity index (χ0v) is 9.37. The van der Waals surface area contributed by atoms with E-state index in [0.29, 0.717) is 5.69 Å². The quantitative estimate of drug-likeness (QED) is 0.589. The molecule has 1 aromatic carbocycles. The van der Waals surface area contributed by atoms with Crippen molar-refractivity contribution in [1.82, 2.24) is 0 Å². The molecule has 0 spiro atoms. The molecule has 86 valence electrons. The zero-order chi connectivity index (χ0) is 11.5. The molecule has 0 atom stereocenters. The minimum absolute atomic E-state index is 0.0605. The van der Waals surface area contributed by atoms with E-state index in [4.69, 9.17) is 0 Å². The molecule has 0 N–H and O–H groups in total. The maximum absolute atomic E-state index is 13.5. The first-order valence-corrected chi connectivity index (χ1v) is 6.10. The fourth-order valence-corrected chi connectivity index (χ4v) is 2.56. The number of rotatable bonds is 2. The third-order valence-corrected chi connectivity index (χ3v) is 3.43. The second kappa shape index (κ2) is 4.69. The smallest absolute Gasteiger partial charge is 0.271 e. The Kier molecular flexibility index (Phi) is 3.28. The van der Waals surface area contributed by atoms with Crippen LogP contribution in [-0.4, -0.2) is 29.5 Å². The number of benzene rings is 1. The molecular weight excluding hydrogens is 231 g/mol. The summed E-state index contributed by atoms with van der Waals surface area (Å²) in [7, 11) is 0. The first-order valence-electron chi connectivity index (χ1n) is 4.95. The van der Waals surface area contributed by atoms with Gasteiger partial charge in [-0.05, 0) is 6.07 Å². The van der Waals surface area contributed by atoms with Crippen LogP contribution < -0.4 is 4.90 Å². The summed E-state index contributed by atoms with van der Waals surface area (Å²) >= 11 is 1.81. The lowest BCUT2D eigenvalue weighted by Gasteiger charge is -2.28. The number of hydrogen-bond acceptors (Lipinski definition) is 4. The van der Waals surface area contributed by atoms with Crippen LogP contribution in [0.25, 0.3) is 0 Å². The van der Waals surface area contributed by atoms with Crippen molar-refractivity contribution < 1.29 is 9.31 Å². The van der Waals surface area contributed by atoms with Gasteiger partial charge in [-0.15, -0.1) is 0 Å². The van der Waals surface area contributed by atoms with Crippen LogP contribution in [0.2, 0.25) is 0 Å². The lowest BCUT2D eigenvalue weighted by molar-refractivity contribution is -0.384. The van der Waals surface area contributed by atoms with Crippen LogP contribution in [0.15, 0.2) is 18.2 Å². The van der Waals surface area contributed by atoms with Gasteiger partial charge >= 0.3 is 0 Å². The minimum atomic E-state index is -0.498. The predicted molar refractivity (Wildman–Crippen MR) is 62.6 cm³/mol. The Morgan fingerprint density at radius 1 is 1.38 bits per heavy atom.